The molecule has 15 atom stereocenters. The predicted molar refractivity (Wildman–Crippen MR) is 426 cm³/mol. The van der Waals surface area contributed by atoms with Crippen molar-refractivity contribution in [1.29, 1.82) is 0 Å². The molecule has 9 heterocycles. The quantitative estimate of drug-likeness (QED) is 0.0302. The average Bonchev–Trinajstić information content (AvgIpc) is 1.62. The van der Waals surface area contributed by atoms with Gasteiger partial charge in [-0.3, -0.25) is 0 Å². The molecule has 3 aliphatic heterocycles. The molecule has 3 saturated heterocycles. The molecular weight excluding hydrogens is 1610 g/mol. The Labute approximate surface area is 679 Å². The van der Waals surface area contributed by atoms with Gasteiger partial charge in [0.05, 0.1) is 57.4 Å². The van der Waals surface area contributed by atoms with Gasteiger partial charge in [-0.1, -0.05) is 184 Å². The number of benzene rings is 7. The topological polar surface area (TPSA) is 338 Å². The number of ether oxygens (including phenoxy) is 5. The minimum atomic E-state index is -1.44. The highest BCUT2D eigenvalue weighted by molar-refractivity contribution is 6.43. The average molecular weight is 1680 g/mol. The zero-order chi connectivity index (χ0) is 78.1. The third-order valence-electron chi connectivity index (χ3n) is 19.3. The molecule has 3 fully saturated rings. The van der Waals surface area contributed by atoms with E-state index in [0.29, 0.717) is 82.2 Å². The second-order valence-corrected chi connectivity index (χ2v) is 28.7. The first kappa shape index (κ1) is 80.9. The molecule has 0 aliphatic carbocycles. The maximum Gasteiger partial charge on any atom is 0.338 e. The van der Waals surface area contributed by atoms with Crippen LogP contribution in [0.25, 0.3) is 55.4 Å². The lowest BCUT2D eigenvalue weighted by molar-refractivity contribution is -0.0917. The summed E-state index contributed by atoms with van der Waals surface area (Å²) < 4.78 is 35.0. The fourth-order valence-electron chi connectivity index (χ4n) is 13.5. The Balaban J connectivity index is 0.000000150. The summed E-state index contributed by atoms with van der Waals surface area (Å²) >= 11 is 43.0. The van der Waals surface area contributed by atoms with Gasteiger partial charge in [0.1, 0.15) is 114 Å². The fourth-order valence-corrected chi connectivity index (χ4v) is 14.7. The van der Waals surface area contributed by atoms with Crippen molar-refractivity contribution in [2.75, 3.05) is 24.7 Å². The number of rotatable bonds is 17. The molecule has 16 rings (SSSR count). The molecule has 0 spiro atoms. The Morgan fingerprint density at radius 3 is 1.11 bits per heavy atom. The van der Waals surface area contributed by atoms with Crippen molar-refractivity contribution in [3.8, 4) is 22.3 Å². The van der Waals surface area contributed by atoms with Gasteiger partial charge in [0.2, 0.25) is 0 Å². The van der Waals surface area contributed by atoms with E-state index in [2.05, 4.69) is 40.5 Å². The van der Waals surface area contributed by atoms with E-state index >= 15 is 0 Å². The fraction of sp³-hybridized carbons (Fsp3) is 0.215. The van der Waals surface area contributed by atoms with Gasteiger partial charge < -0.3 is 83.8 Å². The van der Waals surface area contributed by atoms with Gasteiger partial charge in [-0.2, -0.15) is 0 Å². The molecule has 13 aromatic rings. The van der Waals surface area contributed by atoms with Crippen LogP contribution in [-0.4, -0.2) is 160 Å². The van der Waals surface area contributed by atoms with Gasteiger partial charge in [0.15, 0.2) is 30.9 Å². The number of esters is 2. The van der Waals surface area contributed by atoms with Crippen LogP contribution < -0.4 is 10.6 Å². The number of halogens is 8. The smallest absolute Gasteiger partial charge is 0.338 e. The second kappa shape index (κ2) is 35.1. The lowest BCUT2D eigenvalue weighted by atomic mass is 9.98. The molecule has 0 amide bonds. The number of anilines is 2. The van der Waals surface area contributed by atoms with Crippen molar-refractivity contribution in [2.24, 2.45) is 0 Å². The van der Waals surface area contributed by atoms with Crippen molar-refractivity contribution < 1.29 is 69.0 Å². The molecule has 578 valence electrons. The molecule has 33 heteroatoms. The van der Waals surface area contributed by atoms with E-state index in [4.69, 9.17) is 105 Å². The van der Waals surface area contributed by atoms with Crippen LogP contribution in [0.5, 0.6) is 0 Å². The van der Waals surface area contributed by atoms with Gasteiger partial charge in [0, 0.05) is 32.7 Å². The van der Waals surface area contributed by atoms with Crippen LogP contribution in [0.1, 0.15) is 74.4 Å². The minimum absolute atomic E-state index is 0. The van der Waals surface area contributed by atoms with Crippen LogP contribution in [0.15, 0.2) is 220 Å². The summed E-state index contributed by atoms with van der Waals surface area (Å²) in [6.07, 6.45) is -9.06. The summed E-state index contributed by atoms with van der Waals surface area (Å²) in [5, 5.41) is 86.2. The van der Waals surface area contributed by atoms with Crippen LogP contribution in [-0.2, 0) is 23.7 Å². The Kier molecular flexibility index (Phi) is 25.3. The molecule has 7 aromatic carbocycles. The Bertz CT molecular complexity index is 5510. The minimum Gasteiger partial charge on any atom is -0.451 e. The molecule has 0 saturated carbocycles. The van der Waals surface area contributed by atoms with E-state index in [1.807, 2.05) is 84.9 Å². The molecule has 0 bridgehead atoms. The van der Waals surface area contributed by atoms with Gasteiger partial charge in [-0.25, -0.2) is 39.5 Å². The predicted octanol–water partition coefficient (Wildman–Crippen LogP) is 14.5. The van der Waals surface area contributed by atoms with Gasteiger partial charge in [0.25, 0.3) is 0 Å². The third kappa shape index (κ3) is 16.5. The number of aromatic nitrogens is 9. The Hall–Kier alpha value is -9.14. The molecule has 0 radical (unpaired) electrons. The third-order valence-corrected chi connectivity index (χ3v) is 21.8. The lowest BCUT2D eigenvalue weighted by Gasteiger charge is -2.26. The van der Waals surface area contributed by atoms with Crippen molar-refractivity contribution in [3.05, 3.63) is 283 Å². The van der Waals surface area contributed by atoms with Crippen molar-refractivity contribution in [3.63, 3.8) is 0 Å². The maximum absolute atomic E-state index is 13.4. The van der Waals surface area contributed by atoms with E-state index in [9.17, 15) is 45.3 Å². The first-order valence-electron chi connectivity index (χ1n) is 34.4. The summed E-state index contributed by atoms with van der Waals surface area (Å²) in [5.41, 5.74) is 7.20. The number of aliphatic hydroxyl groups is 7. The number of aliphatic hydroxyl groups excluding tert-OH is 7. The molecular formula is C79H67Cl8N11O14. The highest BCUT2D eigenvalue weighted by Gasteiger charge is 2.52. The first-order chi connectivity index (χ1) is 53.6. The SMILES string of the molecule is CNc1ncnc2c1ccn2[C@@H]1O[C@H]([C@H](O)c2ccc(Cl)c(Cl)c2)[C@@H](O)[C@H]1O.CNc1ncnc2c1ccn2[C@@H]1O[C@H]([C@H](OC(=O)c2ccc(-c3ccccc3)cc2)c2ccc(Cl)c(Cl)c2)[C@@H](O)[C@H]1O.Cl.O=C(O[C@H](c1ccc(Cl)c(Cl)c1)[C@H]1O[C@@H](n2ccc3c(Cl)ncnc32)[C@H](O)[C@@H]1O)c1ccc(-c2ccccc2)cc1. The van der Waals surface area contributed by atoms with Crippen LogP contribution in [0.3, 0.4) is 0 Å². The highest BCUT2D eigenvalue weighted by Crippen LogP contribution is 2.45. The summed E-state index contributed by atoms with van der Waals surface area (Å²) in [6, 6.07) is 52.9. The zero-order valence-corrected chi connectivity index (χ0v) is 64.6. The van der Waals surface area contributed by atoms with Crippen LogP contribution in [0.4, 0.5) is 11.6 Å². The number of hydrogen-bond acceptors (Lipinski definition) is 22. The van der Waals surface area contributed by atoms with E-state index in [1.165, 1.54) is 31.1 Å². The van der Waals surface area contributed by atoms with E-state index < -0.39 is 104 Å². The van der Waals surface area contributed by atoms with E-state index in [0.717, 1.165) is 27.6 Å². The van der Waals surface area contributed by atoms with Gasteiger partial charge >= 0.3 is 11.9 Å². The maximum atomic E-state index is 13.4. The van der Waals surface area contributed by atoms with Crippen molar-refractivity contribution in [1.82, 2.24) is 43.6 Å². The molecule has 6 aromatic heterocycles. The van der Waals surface area contributed by atoms with Gasteiger partial charge in [-0.15, -0.1) is 12.4 Å². The summed E-state index contributed by atoms with van der Waals surface area (Å²) in [6.45, 7) is 0. The number of carbonyl (C=O) groups is 2. The van der Waals surface area contributed by atoms with Crippen molar-refractivity contribution in [2.45, 2.75) is 91.9 Å². The molecule has 112 heavy (non-hydrogen) atoms. The number of fused-ring (bicyclic) bond motifs is 3. The van der Waals surface area contributed by atoms with E-state index in [-0.39, 0.29) is 32.6 Å². The Morgan fingerprint density at radius 1 is 0.393 bits per heavy atom. The lowest BCUT2D eigenvalue weighted by Crippen LogP contribution is -2.36. The molecule has 9 N–H and O–H groups in total. The molecule has 3 aliphatic rings. The summed E-state index contributed by atoms with van der Waals surface area (Å²) in [5.74, 6) is -0.0639. The van der Waals surface area contributed by atoms with Gasteiger partial charge in [-0.05, 0) is 118 Å². The number of nitrogens with zero attached hydrogens (tertiary/aromatic N) is 9. The van der Waals surface area contributed by atoms with Crippen LogP contribution in [0.2, 0.25) is 35.3 Å². The Morgan fingerprint density at radius 2 is 0.723 bits per heavy atom. The summed E-state index contributed by atoms with van der Waals surface area (Å²) in [7, 11) is 3.48. The molecule has 0 unspecified atom stereocenters. The van der Waals surface area contributed by atoms with Crippen LogP contribution in [0, 0.1) is 0 Å². The monoisotopic (exact) mass is 1670 g/mol. The standard InChI is InChI=1S/C31H26Cl2N4O5.C30H22Cl3N3O5.C18H18Cl2N4O4.ClH/c1-34-28-21-13-14-37(29(21)36-16-35-28)30-25(39)24(38)27(41-30)26(20-11-12-22(32)23(33)15-20)42-31(40)19-9-7-18(8-10-19)17-5-3-2-4-6-17;31-21-11-10-19(14-22(21)32)25(41-30(39)18-8-6-17(7-9-18)16-4-2-1-3-5-16)26-23(37)24(38)29(40-26)36-13-12-20-27(33)34-15-35-28(20)36;1-21-16-9-4-5-24(17(9)23-7-22-16)18-14(27)13(26)15(28-18)12(25)8-2-3-10(19)11(20)6-8;/h2-16,24-27,30,38-39H,1H3,(H,34,35,36);1-15,23-26,29,37-38H;2-7,12-15,18,25-27H,1H3,(H,21,22,23);1H/t24-,25+,26+,27-,30+;23-,24+,25+,26-,29+;12-,13+,14-,15-,18-;/m001./s1. The first-order valence-corrected chi connectivity index (χ1v) is 37.0. The summed E-state index contributed by atoms with van der Waals surface area (Å²) in [4.78, 5) is 52.0. The number of nitrogens with one attached hydrogen (secondary N) is 2. The number of hydrogen-bond donors (Lipinski definition) is 9. The van der Waals surface area contributed by atoms with E-state index in [1.54, 1.807) is 131 Å². The zero-order valence-electron chi connectivity index (χ0n) is 58.5. The highest BCUT2D eigenvalue weighted by atomic mass is 35.5. The van der Waals surface area contributed by atoms with Crippen molar-refractivity contribution >= 4 is 150 Å². The normalized spacial score (nSPS) is 22.1. The van der Waals surface area contributed by atoms with Crippen LogP contribution >= 0.6 is 93.6 Å². The number of carbonyl (C=O) groups excluding carboxylic acids is 2. The largest absolute Gasteiger partial charge is 0.451 e. The molecule has 25 nitrogen and oxygen atoms in total. The second-order valence-electron chi connectivity index (χ2n) is 25.9.